The molecule has 1 fully saturated rings. The maximum atomic E-state index is 12.5. The highest BCUT2D eigenvalue weighted by atomic mass is 16.5. The van der Waals surface area contributed by atoms with Crippen molar-refractivity contribution < 1.29 is 18.7 Å². The first kappa shape index (κ1) is 22.7. The Bertz CT molecular complexity index is 1390. The normalized spacial score (nSPS) is 13.6. The molecule has 5 rings (SSSR count). The molecule has 4 heterocycles. The van der Waals surface area contributed by atoms with Crippen LogP contribution in [0.1, 0.15) is 36.2 Å². The Balaban J connectivity index is 1.47. The number of carbonyl (C=O) groups is 2. The van der Waals surface area contributed by atoms with E-state index in [0.29, 0.717) is 37.4 Å². The number of nitrogen functional groups attached to an aromatic ring is 1. The van der Waals surface area contributed by atoms with E-state index in [9.17, 15) is 9.59 Å². The van der Waals surface area contributed by atoms with Crippen molar-refractivity contribution in [2.24, 2.45) is 0 Å². The number of anilines is 2. The van der Waals surface area contributed by atoms with Gasteiger partial charge in [0, 0.05) is 67.7 Å². The molecule has 0 saturated carbocycles. The summed E-state index contributed by atoms with van der Waals surface area (Å²) in [6.07, 6.45) is 5.80. The lowest BCUT2D eigenvalue weighted by Gasteiger charge is -2.16. The maximum absolute atomic E-state index is 12.5. The molecular formula is C27H26N4O4. The molecule has 35 heavy (non-hydrogen) atoms. The zero-order valence-corrected chi connectivity index (χ0v) is 19.5. The summed E-state index contributed by atoms with van der Waals surface area (Å²) in [6, 6.07) is 13.4. The molecule has 1 aromatic carbocycles. The monoisotopic (exact) mass is 470 g/mol. The second kappa shape index (κ2) is 9.68. The van der Waals surface area contributed by atoms with Gasteiger partial charge in [-0.1, -0.05) is 12.1 Å². The Kier molecular flexibility index (Phi) is 6.29. The number of ether oxygens (including phenoxy) is 1. The molecule has 1 saturated heterocycles. The second-order valence-corrected chi connectivity index (χ2v) is 8.56. The van der Waals surface area contributed by atoms with Crippen molar-refractivity contribution in [1.29, 1.82) is 0 Å². The highest BCUT2D eigenvalue weighted by molar-refractivity contribution is 6.01. The van der Waals surface area contributed by atoms with Gasteiger partial charge in [-0.15, -0.1) is 0 Å². The van der Waals surface area contributed by atoms with E-state index in [1.54, 1.807) is 25.6 Å². The molecule has 0 bridgehead atoms. The molecule has 178 valence electrons. The lowest BCUT2D eigenvalue weighted by molar-refractivity contribution is -0.117. The Morgan fingerprint density at radius 1 is 1.11 bits per heavy atom. The summed E-state index contributed by atoms with van der Waals surface area (Å²) in [5.74, 6) is 0.759. The van der Waals surface area contributed by atoms with Crippen LogP contribution in [0.4, 0.5) is 11.5 Å². The van der Waals surface area contributed by atoms with E-state index in [0.717, 1.165) is 46.3 Å². The van der Waals surface area contributed by atoms with Crippen molar-refractivity contribution in [3.63, 3.8) is 0 Å². The summed E-state index contributed by atoms with van der Waals surface area (Å²) in [6.45, 7) is 1.27. The van der Waals surface area contributed by atoms with E-state index in [1.165, 1.54) is 0 Å². The average molecular weight is 471 g/mol. The van der Waals surface area contributed by atoms with Crippen molar-refractivity contribution in [2.45, 2.75) is 25.7 Å². The van der Waals surface area contributed by atoms with Gasteiger partial charge in [0.05, 0.1) is 0 Å². The predicted molar refractivity (Wildman–Crippen MR) is 134 cm³/mol. The third-order valence-corrected chi connectivity index (χ3v) is 6.26. The van der Waals surface area contributed by atoms with E-state index in [2.05, 4.69) is 9.97 Å². The van der Waals surface area contributed by atoms with Crippen LogP contribution in [0.5, 0.6) is 0 Å². The standard InChI is InChI=1S/C27H26N4O4/c1-34-13-3-4-23(32)24-15-22-20(10-11-29-27(22)35-24)18-14-21(26(28)30-16-18)17-6-8-19(9-7-17)31-12-2-5-25(31)33/h6-11,14-16H,2-5,12-13H2,1H3,(H2,28,30). The number of amides is 1. The van der Waals surface area contributed by atoms with E-state index in [-0.39, 0.29) is 17.5 Å². The molecule has 1 aliphatic heterocycles. The fraction of sp³-hybridized carbons (Fsp3) is 0.259. The number of fused-ring (bicyclic) bond motifs is 1. The zero-order chi connectivity index (χ0) is 24.4. The minimum absolute atomic E-state index is 0.0845. The summed E-state index contributed by atoms with van der Waals surface area (Å²) in [5.41, 5.74) is 10.9. The number of hydrogen-bond donors (Lipinski definition) is 1. The van der Waals surface area contributed by atoms with Crippen molar-refractivity contribution in [2.75, 3.05) is 30.9 Å². The first-order valence-corrected chi connectivity index (χ1v) is 11.6. The quantitative estimate of drug-likeness (QED) is 0.289. The van der Waals surface area contributed by atoms with Gasteiger partial charge in [-0.2, -0.15) is 0 Å². The molecule has 2 N–H and O–H groups in total. The van der Waals surface area contributed by atoms with Gasteiger partial charge in [-0.05, 0) is 54.3 Å². The van der Waals surface area contributed by atoms with Crippen LogP contribution in [0.3, 0.4) is 0 Å². The molecular weight excluding hydrogens is 444 g/mol. The molecule has 1 amide bonds. The SMILES string of the molecule is COCCCC(=O)c1cc2c(-c3cnc(N)c(-c4ccc(N5CCCC5=O)cc4)c3)ccnc2o1. The van der Waals surface area contributed by atoms with Crippen molar-refractivity contribution in [1.82, 2.24) is 9.97 Å². The Hall–Kier alpha value is -4.04. The van der Waals surface area contributed by atoms with Gasteiger partial charge >= 0.3 is 0 Å². The lowest BCUT2D eigenvalue weighted by Crippen LogP contribution is -2.23. The number of nitrogens with zero attached hydrogens (tertiary/aromatic N) is 3. The van der Waals surface area contributed by atoms with Crippen LogP contribution in [0.25, 0.3) is 33.4 Å². The topological polar surface area (TPSA) is 112 Å². The highest BCUT2D eigenvalue weighted by Crippen LogP contribution is 2.35. The number of pyridine rings is 2. The minimum Gasteiger partial charge on any atom is -0.435 e. The molecule has 0 spiro atoms. The van der Waals surface area contributed by atoms with E-state index < -0.39 is 0 Å². The Morgan fingerprint density at radius 3 is 2.69 bits per heavy atom. The number of aromatic nitrogens is 2. The number of nitrogens with two attached hydrogens (primary N) is 1. The molecule has 1 aliphatic rings. The lowest BCUT2D eigenvalue weighted by atomic mass is 9.99. The second-order valence-electron chi connectivity index (χ2n) is 8.56. The van der Waals surface area contributed by atoms with E-state index in [4.69, 9.17) is 14.9 Å². The molecule has 3 aromatic heterocycles. The number of carbonyl (C=O) groups excluding carboxylic acids is 2. The number of ketones is 1. The number of Topliss-reactive ketones (excluding diaryl/α,β-unsaturated/α-hetero) is 1. The molecule has 0 unspecified atom stereocenters. The van der Waals surface area contributed by atoms with Gasteiger partial charge in [0.15, 0.2) is 11.5 Å². The Labute approximate surface area is 202 Å². The third-order valence-electron chi connectivity index (χ3n) is 6.26. The van der Waals surface area contributed by atoms with Crippen molar-refractivity contribution in [3.8, 4) is 22.3 Å². The highest BCUT2D eigenvalue weighted by Gasteiger charge is 2.22. The van der Waals surface area contributed by atoms with Crippen LogP contribution in [0.15, 0.2) is 59.3 Å². The van der Waals surface area contributed by atoms with Gasteiger partial charge in [0.1, 0.15) is 5.82 Å². The van der Waals surface area contributed by atoms with Gasteiger partial charge < -0.3 is 19.8 Å². The van der Waals surface area contributed by atoms with Crippen LogP contribution >= 0.6 is 0 Å². The molecule has 0 radical (unpaired) electrons. The van der Waals surface area contributed by atoms with Crippen LogP contribution < -0.4 is 10.6 Å². The number of furan rings is 1. The molecule has 0 atom stereocenters. The molecule has 8 nitrogen and oxygen atoms in total. The third kappa shape index (κ3) is 4.52. The summed E-state index contributed by atoms with van der Waals surface area (Å²) in [4.78, 5) is 35.1. The van der Waals surface area contributed by atoms with E-state index in [1.807, 2.05) is 41.3 Å². The molecule has 0 aliphatic carbocycles. The maximum Gasteiger partial charge on any atom is 0.227 e. The first-order chi connectivity index (χ1) is 17.0. The smallest absolute Gasteiger partial charge is 0.227 e. The van der Waals surface area contributed by atoms with Crippen molar-refractivity contribution >= 4 is 34.3 Å². The largest absolute Gasteiger partial charge is 0.435 e. The van der Waals surface area contributed by atoms with Gasteiger partial charge in [0.25, 0.3) is 0 Å². The van der Waals surface area contributed by atoms with Gasteiger partial charge in [-0.25, -0.2) is 9.97 Å². The molecule has 8 heteroatoms. The fourth-order valence-corrected chi connectivity index (χ4v) is 4.42. The number of benzene rings is 1. The first-order valence-electron chi connectivity index (χ1n) is 11.6. The van der Waals surface area contributed by atoms with Crippen LogP contribution in [0.2, 0.25) is 0 Å². The number of methoxy groups -OCH3 is 1. The minimum atomic E-state index is -0.0845. The number of rotatable bonds is 8. The van der Waals surface area contributed by atoms with Gasteiger partial charge in [0.2, 0.25) is 11.6 Å². The number of hydrogen-bond acceptors (Lipinski definition) is 7. The fourth-order valence-electron chi connectivity index (χ4n) is 4.42. The summed E-state index contributed by atoms with van der Waals surface area (Å²) < 4.78 is 10.8. The summed E-state index contributed by atoms with van der Waals surface area (Å²) in [7, 11) is 1.61. The van der Waals surface area contributed by atoms with Gasteiger partial charge in [-0.3, -0.25) is 9.59 Å². The van der Waals surface area contributed by atoms with Crippen LogP contribution in [-0.2, 0) is 9.53 Å². The Morgan fingerprint density at radius 2 is 1.94 bits per heavy atom. The molecule has 4 aromatic rings. The van der Waals surface area contributed by atoms with Crippen LogP contribution in [0, 0.1) is 0 Å². The summed E-state index contributed by atoms with van der Waals surface area (Å²) in [5, 5.41) is 0.739. The average Bonchev–Trinajstić information content (AvgIpc) is 3.51. The predicted octanol–water partition coefficient (Wildman–Crippen LogP) is 4.88. The summed E-state index contributed by atoms with van der Waals surface area (Å²) >= 11 is 0. The van der Waals surface area contributed by atoms with E-state index >= 15 is 0 Å². The zero-order valence-electron chi connectivity index (χ0n) is 19.5. The van der Waals surface area contributed by atoms with Crippen LogP contribution in [-0.4, -0.2) is 41.9 Å². The van der Waals surface area contributed by atoms with Crippen molar-refractivity contribution in [3.05, 3.63) is 60.6 Å².